The van der Waals surface area contributed by atoms with E-state index >= 15 is 0 Å². The van der Waals surface area contributed by atoms with Crippen molar-refractivity contribution in [3.05, 3.63) is 6.20 Å². The van der Waals surface area contributed by atoms with Gasteiger partial charge in [-0.1, -0.05) is 0 Å². The van der Waals surface area contributed by atoms with E-state index in [2.05, 4.69) is 15.5 Å². The van der Waals surface area contributed by atoms with E-state index in [-0.39, 0.29) is 0 Å². The second-order valence-corrected chi connectivity index (χ2v) is 4.05. The topological polar surface area (TPSA) is 89.3 Å². The Balaban J connectivity index is 0.000000246. The zero-order chi connectivity index (χ0) is 15.2. The van der Waals surface area contributed by atoms with Gasteiger partial charge in [0, 0.05) is 26.3 Å². The summed E-state index contributed by atoms with van der Waals surface area (Å²) in [6.45, 7) is 1.69. The fraction of sp³-hybridized carbons (Fsp3) is 0.700. The smallest absolute Gasteiger partial charge is 0.475 e. The van der Waals surface area contributed by atoms with E-state index in [4.69, 9.17) is 14.6 Å². The van der Waals surface area contributed by atoms with E-state index in [9.17, 15) is 13.2 Å². The third-order valence-electron chi connectivity index (χ3n) is 2.42. The highest BCUT2D eigenvalue weighted by molar-refractivity contribution is 5.73. The fourth-order valence-corrected chi connectivity index (χ4v) is 1.46. The van der Waals surface area contributed by atoms with Crippen LogP contribution in [0.2, 0.25) is 0 Å². The molecule has 1 aliphatic rings. The Morgan fingerprint density at radius 1 is 1.50 bits per heavy atom. The van der Waals surface area contributed by atoms with E-state index in [1.54, 1.807) is 11.0 Å². The lowest BCUT2D eigenvalue weighted by Crippen LogP contribution is -2.28. The second-order valence-electron chi connectivity index (χ2n) is 4.05. The molecule has 2 N–H and O–H groups in total. The van der Waals surface area contributed by atoms with Crippen LogP contribution in [-0.2, 0) is 16.6 Å². The number of aliphatic carboxylic acids is 1. The molecule has 1 aromatic rings. The van der Waals surface area contributed by atoms with Gasteiger partial charge in [-0.25, -0.2) is 4.79 Å². The first kappa shape index (κ1) is 16.2. The predicted molar refractivity (Wildman–Crippen MR) is 62.2 cm³/mol. The van der Waals surface area contributed by atoms with Gasteiger partial charge in [-0.3, -0.25) is 0 Å². The van der Waals surface area contributed by atoms with E-state index in [1.165, 1.54) is 0 Å². The first-order chi connectivity index (χ1) is 9.29. The summed E-state index contributed by atoms with van der Waals surface area (Å²) in [5.74, 6) is -1.90. The van der Waals surface area contributed by atoms with Crippen LogP contribution in [0.25, 0.3) is 0 Å². The zero-order valence-corrected chi connectivity index (χ0v) is 10.7. The summed E-state index contributed by atoms with van der Waals surface area (Å²) in [5.41, 5.74) is 0. The number of aryl methyl sites for hydroxylation is 1. The van der Waals surface area contributed by atoms with Crippen LogP contribution in [0, 0.1) is 0 Å². The van der Waals surface area contributed by atoms with Crippen molar-refractivity contribution >= 4 is 11.8 Å². The maximum Gasteiger partial charge on any atom is 0.490 e. The van der Waals surface area contributed by atoms with Gasteiger partial charge in [-0.2, -0.15) is 23.1 Å². The summed E-state index contributed by atoms with van der Waals surface area (Å²) in [7, 11) is 1.81. The number of aromatic nitrogens is 3. The van der Waals surface area contributed by atoms with Crippen molar-refractivity contribution in [3.8, 4) is 0 Å². The van der Waals surface area contributed by atoms with Crippen molar-refractivity contribution in [2.75, 3.05) is 18.5 Å². The molecule has 2 rings (SSSR count). The SMILES string of the molecule is Cn1ncc(NC2CCOCC2)n1.O=C(O)C(F)(F)F. The van der Waals surface area contributed by atoms with Crippen LogP contribution in [-0.4, -0.2) is 51.5 Å². The summed E-state index contributed by atoms with van der Waals surface area (Å²) in [4.78, 5) is 10.5. The van der Waals surface area contributed by atoms with Gasteiger partial charge in [0.1, 0.15) is 0 Å². The number of alkyl halides is 3. The second kappa shape index (κ2) is 7.08. The summed E-state index contributed by atoms with van der Waals surface area (Å²) < 4.78 is 37.0. The van der Waals surface area contributed by atoms with Crippen LogP contribution in [0.3, 0.4) is 0 Å². The van der Waals surface area contributed by atoms with Gasteiger partial charge in [0.05, 0.1) is 6.20 Å². The third kappa shape index (κ3) is 5.87. The van der Waals surface area contributed by atoms with Crippen LogP contribution < -0.4 is 5.32 Å². The number of nitrogens with one attached hydrogen (secondary N) is 1. The molecule has 1 fully saturated rings. The maximum atomic E-state index is 10.6. The van der Waals surface area contributed by atoms with Gasteiger partial charge in [-0.15, -0.1) is 5.10 Å². The van der Waals surface area contributed by atoms with Crippen LogP contribution in [0.4, 0.5) is 19.0 Å². The molecule has 0 unspecified atom stereocenters. The van der Waals surface area contributed by atoms with Crippen molar-refractivity contribution in [2.24, 2.45) is 7.05 Å². The highest BCUT2D eigenvalue weighted by Gasteiger charge is 2.38. The van der Waals surface area contributed by atoms with Gasteiger partial charge in [-0.05, 0) is 12.8 Å². The lowest BCUT2D eigenvalue weighted by molar-refractivity contribution is -0.192. The monoisotopic (exact) mass is 296 g/mol. The van der Waals surface area contributed by atoms with Gasteiger partial charge >= 0.3 is 12.1 Å². The van der Waals surface area contributed by atoms with Crippen LogP contribution in [0.1, 0.15) is 12.8 Å². The molecule has 2 heterocycles. The Morgan fingerprint density at radius 2 is 2.05 bits per heavy atom. The zero-order valence-electron chi connectivity index (χ0n) is 10.7. The Morgan fingerprint density at radius 3 is 2.45 bits per heavy atom. The molecular weight excluding hydrogens is 281 g/mol. The molecule has 0 atom stereocenters. The highest BCUT2D eigenvalue weighted by Crippen LogP contribution is 2.13. The average molecular weight is 296 g/mol. The van der Waals surface area contributed by atoms with Crippen molar-refractivity contribution in [3.63, 3.8) is 0 Å². The summed E-state index contributed by atoms with van der Waals surface area (Å²) >= 11 is 0. The first-order valence-electron chi connectivity index (χ1n) is 5.79. The minimum absolute atomic E-state index is 0.491. The molecule has 1 aliphatic heterocycles. The van der Waals surface area contributed by atoms with Gasteiger partial charge in [0.2, 0.25) is 0 Å². The molecule has 0 spiro atoms. The lowest BCUT2D eigenvalue weighted by atomic mass is 10.1. The maximum absolute atomic E-state index is 10.6. The number of halogens is 3. The van der Waals surface area contributed by atoms with Gasteiger partial charge in [0.25, 0.3) is 0 Å². The number of hydrogen-bond acceptors (Lipinski definition) is 5. The van der Waals surface area contributed by atoms with Crippen molar-refractivity contribution in [2.45, 2.75) is 25.1 Å². The molecule has 0 aliphatic carbocycles. The largest absolute Gasteiger partial charge is 0.490 e. The predicted octanol–water partition coefficient (Wildman–Crippen LogP) is 1.04. The Hall–Kier alpha value is -1.84. The number of carboxylic acid groups (broad SMARTS) is 1. The quantitative estimate of drug-likeness (QED) is 0.847. The molecule has 10 heteroatoms. The molecule has 0 amide bonds. The average Bonchev–Trinajstić information content (AvgIpc) is 2.75. The molecule has 0 radical (unpaired) electrons. The van der Waals surface area contributed by atoms with Crippen LogP contribution >= 0.6 is 0 Å². The fourth-order valence-electron chi connectivity index (χ4n) is 1.46. The summed E-state index contributed by atoms with van der Waals surface area (Å²) in [6.07, 6.45) is -1.23. The molecule has 1 saturated heterocycles. The minimum Gasteiger partial charge on any atom is -0.475 e. The van der Waals surface area contributed by atoms with Crippen LogP contribution in [0.5, 0.6) is 0 Å². The molecule has 114 valence electrons. The molecule has 1 aromatic heterocycles. The van der Waals surface area contributed by atoms with E-state index in [1.807, 2.05) is 7.05 Å². The number of anilines is 1. The summed E-state index contributed by atoms with van der Waals surface area (Å²) in [5, 5.41) is 18.6. The molecule has 7 nitrogen and oxygen atoms in total. The van der Waals surface area contributed by atoms with Gasteiger partial charge < -0.3 is 15.2 Å². The number of carbonyl (C=O) groups is 1. The summed E-state index contributed by atoms with van der Waals surface area (Å²) in [6, 6.07) is 0.491. The number of carboxylic acids is 1. The number of hydrogen-bond donors (Lipinski definition) is 2. The van der Waals surface area contributed by atoms with E-state index < -0.39 is 12.1 Å². The third-order valence-corrected chi connectivity index (χ3v) is 2.42. The number of rotatable bonds is 2. The van der Waals surface area contributed by atoms with Crippen molar-refractivity contribution < 1.29 is 27.8 Å². The molecule has 20 heavy (non-hydrogen) atoms. The van der Waals surface area contributed by atoms with E-state index in [0.717, 1.165) is 31.9 Å². The Bertz CT molecular complexity index is 430. The number of ether oxygens (including phenoxy) is 1. The van der Waals surface area contributed by atoms with Crippen molar-refractivity contribution in [1.82, 2.24) is 15.0 Å². The van der Waals surface area contributed by atoms with Crippen molar-refractivity contribution in [1.29, 1.82) is 0 Å². The molecule has 0 bridgehead atoms. The molecule has 0 saturated carbocycles. The van der Waals surface area contributed by atoms with E-state index in [0.29, 0.717) is 6.04 Å². The van der Waals surface area contributed by atoms with Crippen LogP contribution in [0.15, 0.2) is 6.20 Å². The Kier molecular flexibility index (Phi) is 5.74. The minimum atomic E-state index is -5.08. The normalized spacial score (nSPS) is 16.2. The Labute approximate surface area is 112 Å². The van der Waals surface area contributed by atoms with Gasteiger partial charge in [0.15, 0.2) is 5.82 Å². The molecular formula is C10H15F3N4O3. The highest BCUT2D eigenvalue weighted by atomic mass is 19.4. The standard InChI is InChI=1S/C8H14N4O.C2HF3O2/c1-12-9-6-8(11-12)10-7-2-4-13-5-3-7;3-2(4,5)1(6)7/h6-7H,2-5H2,1H3,(H,10,11);(H,6,7). The number of nitrogens with zero attached hydrogens (tertiary/aromatic N) is 3. The lowest BCUT2D eigenvalue weighted by Gasteiger charge is -2.22. The molecule has 0 aromatic carbocycles. The first-order valence-corrected chi connectivity index (χ1v) is 5.79.